The van der Waals surface area contributed by atoms with Gasteiger partial charge in [0, 0.05) is 0 Å². The third-order valence-corrected chi connectivity index (χ3v) is 1.95. The number of hydrogen-bond acceptors (Lipinski definition) is 2. The average Bonchev–Trinajstić information content (AvgIpc) is 2.07. The number of nitrogens with zero attached hydrogens (tertiary/aromatic N) is 1. The molecule has 0 unspecified atom stereocenters. The summed E-state index contributed by atoms with van der Waals surface area (Å²) in [5.74, 6) is -1.48. The van der Waals surface area contributed by atoms with Crippen molar-refractivity contribution in [2.24, 2.45) is 4.99 Å². The van der Waals surface area contributed by atoms with Crippen LogP contribution in [0.4, 0.5) is 14.5 Å². The Labute approximate surface area is 78.7 Å². The zero-order valence-electron chi connectivity index (χ0n) is 5.77. The van der Waals surface area contributed by atoms with Crippen molar-refractivity contribution < 1.29 is 34.0 Å². The van der Waals surface area contributed by atoms with E-state index < -0.39 is 11.6 Å². The second-order valence-electron chi connectivity index (χ2n) is 1.96. The summed E-state index contributed by atoms with van der Waals surface area (Å²) in [5, 5.41) is 0. The topological polar surface area (TPSA) is 29.4 Å². The van der Waals surface area contributed by atoms with E-state index in [0.717, 1.165) is 12.1 Å². The molecule has 5 heteroatoms. The van der Waals surface area contributed by atoms with Gasteiger partial charge in [0.15, 0.2) is 0 Å². The SMILES string of the molecule is O=C=Nc1ccc(F)[c]([Ti])c1F. The molecule has 0 radical (unpaired) electrons. The fourth-order valence-corrected chi connectivity index (χ4v) is 1.01. The van der Waals surface area contributed by atoms with Crippen LogP contribution in [0, 0.1) is 11.6 Å². The van der Waals surface area contributed by atoms with E-state index in [0.29, 0.717) is 0 Å². The second kappa shape index (κ2) is 3.72. The van der Waals surface area contributed by atoms with Crippen molar-refractivity contribution >= 4 is 15.6 Å². The Bertz CT molecular complexity index is 361. The number of carbonyl (C=O) groups excluding carboxylic acids is 1. The number of isocyanates is 1. The van der Waals surface area contributed by atoms with E-state index in [-0.39, 0.29) is 9.56 Å². The van der Waals surface area contributed by atoms with E-state index in [1.54, 1.807) is 0 Å². The fourth-order valence-electron chi connectivity index (χ4n) is 0.677. The van der Waals surface area contributed by atoms with Crippen molar-refractivity contribution in [3.05, 3.63) is 23.8 Å². The van der Waals surface area contributed by atoms with Gasteiger partial charge in [-0.05, 0) is 0 Å². The van der Waals surface area contributed by atoms with Crippen LogP contribution in [0.25, 0.3) is 0 Å². The molecule has 0 aliphatic rings. The molecule has 12 heavy (non-hydrogen) atoms. The summed E-state index contributed by atoms with van der Waals surface area (Å²) in [7, 11) is 0. The molecule has 59 valence electrons. The van der Waals surface area contributed by atoms with Gasteiger partial charge in [-0.15, -0.1) is 0 Å². The molecule has 1 aromatic carbocycles. The molecule has 0 amide bonds. The zero-order valence-corrected chi connectivity index (χ0v) is 7.33. The van der Waals surface area contributed by atoms with Gasteiger partial charge in [0.1, 0.15) is 0 Å². The van der Waals surface area contributed by atoms with Gasteiger partial charge in [-0.1, -0.05) is 0 Å². The van der Waals surface area contributed by atoms with Crippen LogP contribution < -0.4 is 3.87 Å². The first-order chi connectivity index (χ1) is 5.66. The predicted octanol–water partition coefficient (Wildman–Crippen LogP) is 1.10. The molecule has 0 aliphatic carbocycles. The van der Waals surface area contributed by atoms with E-state index in [2.05, 4.69) is 4.99 Å². The number of rotatable bonds is 1. The molecule has 0 aromatic heterocycles. The molecular weight excluding hydrogens is 200 g/mol. The van der Waals surface area contributed by atoms with Gasteiger partial charge in [0.2, 0.25) is 0 Å². The third-order valence-electron chi connectivity index (χ3n) is 1.24. The van der Waals surface area contributed by atoms with E-state index in [1.807, 2.05) is 0 Å². The van der Waals surface area contributed by atoms with Crippen molar-refractivity contribution in [2.45, 2.75) is 0 Å². The summed E-state index contributed by atoms with van der Waals surface area (Å²) in [6.45, 7) is 0. The summed E-state index contributed by atoms with van der Waals surface area (Å²) in [4.78, 5) is 12.8. The Kier molecular flexibility index (Phi) is 2.87. The summed E-state index contributed by atoms with van der Waals surface area (Å²) < 4.78 is 25.4. The quantitative estimate of drug-likeness (QED) is 0.381. The van der Waals surface area contributed by atoms with E-state index in [9.17, 15) is 13.6 Å². The van der Waals surface area contributed by atoms with Gasteiger partial charge in [0.05, 0.1) is 0 Å². The molecule has 0 heterocycles. The van der Waals surface area contributed by atoms with Crippen LogP contribution in [0.1, 0.15) is 0 Å². The Balaban J connectivity index is 3.35. The summed E-state index contributed by atoms with van der Waals surface area (Å²) in [6.07, 6.45) is 1.18. The molecule has 0 saturated carbocycles. The van der Waals surface area contributed by atoms with Crippen LogP contribution in [0.3, 0.4) is 0 Å². The van der Waals surface area contributed by atoms with Gasteiger partial charge in [-0.25, -0.2) is 0 Å². The van der Waals surface area contributed by atoms with Crippen molar-refractivity contribution in [1.82, 2.24) is 0 Å². The van der Waals surface area contributed by atoms with Crippen molar-refractivity contribution in [1.29, 1.82) is 0 Å². The Morgan fingerprint density at radius 1 is 1.42 bits per heavy atom. The van der Waals surface area contributed by atoms with Gasteiger partial charge >= 0.3 is 78.4 Å². The third kappa shape index (κ3) is 1.67. The van der Waals surface area contributed by atoms with Gasteiger partial charge in [-0.3, -0.25) is 0 Å². The molecule has 1 rings (SSSR count). The first kappa shape index (κ1) is 9.26. The molecule has 0 bridgehead atoms. The van der Waals surface area contributed by atoms with Gasteiger partial charge in [0.25, 0.3) is 0 Å². The van der Waals surface area contributed by atoms with Crippen molar-refractivity contribution in [2.75, 3.05) is 0 Å². The number of aliphatic imine (C=N–C) groups is 1. The number of benzene rings is 1. The zero-order chi connectivity index (χ0) is 9.14. The molecule has 0 aliphatic heterocycles. The summed E-state index contributed by atoms with van der Waals surface area (Å²) in [5.41, 5.74) is -0.191. The monoisotopic (exact) mass is 202 g/mol. The van der Waals surface area contributed by atoms with Crippen LogP contribution in [-0.2, 0) is 25.2 Å². The minimum atomic E-state index is -0.821. The Morgan fingerprint density at radius 3 is 2.67 bits per heavy atom. The molecular formula is C7H2F2NOTi. The Morgan fingerprint density at radius 2 is 2.08 bits per heavy atom. The maximum atomic E-state index is 12.9. The van der Waals surface area contributed by atoms with Crippen LogP contribution in [0.2, 0.25) is 0 Å². The number of hydrogen-bond donors (Lipinski definition) is 0. The normalized spacial score (nSPS) is 9.08. The molecule has 1 aromatic rings. The first-order valence-corrected chi connectivity index (χ1v) is 3.72. The van der Waals surface area contributed by atoms with E-state index >= 15 is 0 Å². The minimum absolute atomic E-state index is 0.147. The van der Waals surface area contributed by atoms with Crippen LogP contribution in [-0.4, -0.2) is 6.08 Å². The van der Waals surface area contributed by atoms with E-state index in [4.69, 9.17) is 0 Å². The average molecular weight is 202 g/mol. The molecule has 0 saturated heterocycles. The predicted molar refractivity (Wildman–Crippen MR) is 33.8 cm³/mol. The first-order valence-electron chi connectivity index (χ1n) is 2.94. The number of halogens is 2. The fraction of sp³-hybridized carbons (Fsp3) is 0. The molecule has 0 atom stereocenters. The van der Waals surface area contributed by atoms with Crippen LogP contribution in [0.5, 0.6) is 0 Å². The summed E-state index contributed by atoms with van der Waals surface area (Å²) in [6, 6.07) is 2.14. The van der Waals surface area contributed by atoms with Gasteiger partial charge < -0.3 is 0 Å². The Hall–Kier alpha value is -0.826. The van der Waals surface area contributed by atoms with E-state index in [1.165, 1.54) is 26.5 Å². The summed E-state index contributed by atoms with van der Waals surface area (Å²) >= 11 is 1.27. The van der Waals surface area contributed by atoms with Crippen LogP contribution in [0.15, 0.2) is 17.1 Å². The molecule has 0 fully saturated rings. The molecule has 0 N–H and O–H groups in total. The van der Waals surface area contributed by atoms with Crippen molar-refractivity contribution in [3.63, 3.8) is 0 Å². The maximum absolute atomic E-state index is 12.9. The standard InChI is InChI=1S/C7H2F2NO.Ti/c8-5-1-2-7(10-4-11)6(9)3-5;/h1-2H;. The van der Waals surface area contributed by atoms with Gasteiger partial charge in [-0.2, -0.15) is 0 Å². The molecule has 0 spiro atoms. The second-order valence-corrected chi connectivity index (χ2v) is 2.74. The van der Waals surface area contributed by atoms with Crippen molar-refractivity contribution in [3.8, 4) is 0 Å². The van der Waals surface area contributed by atoms with Crippen LogP contribution >= 0.6 is 0 Å². The molecule has 2 nitrogen and oxygen atoms in total.